The standard InChI is InChI=1S/C6H11NO3.ClH/c1-7-6(5(8)9)2-3-10-4-6;/h7H,2-4H2,1H3,(H,8,9);1H. The van der Waals surface area contributed by atoms with Crippen LogP contribution >= 0.6 is 12.4 Å². The lowest BCUT2D eigenvalue weighted by Gasteiger charge is -2.20. The Bertz CT molecular complexity index is 145. The molecule has 0 aromatic rings. The Balaban J connectivity index is 0.000001000. The second-order valence-corrected chi connectivity index (χ2v) is 2.44. The van der Waals surface area contributed by atoms with E-state index in [1.54, 1.807) is 7.05 Å². The van der Waals surface area contributed by atoms with Gasteiger partial charge in [-0.15, -0.1) is 12.4 Å². The van der Waals surface area contributed by atoms with E-state index in [0.717, 1.165) is 0 Å². The van der Waals surface area contributed by atoms with Crippen LogP contribution in [-0.2, 0) is 9.53 Å². The first-order chi connectivity index (χ1) is 4.71. The van der Waals surface area contributed by atoms with Gasteiger partial charge >= 0.3 is 5.97 Å². The monoisotopic (exact) mass is 181 g/mol. The van der Waals surface area contributed by atoms with Gasteiger partial charge in [-0.25, -0.2) is 0 Å². The fraction of sp³-hybridized carbons (Fsp3) is 0.833. The molecule has 2 N–H and O–H groups in total. The molecule has 1 aliphatic rings. The Morgan fingerprint density at radius 3 is 2.55 bits per heavy atom. The van der Waals surface area contributed by atoms with Gasteiger partial charge < -0.3 is 15.2 Å². The fourth-order valence-corrected chi connectivity index (χ4v) is 1.04. The molecule has 66 valence electrons. The lowest BCUT2D eigenvalue weighted by molar-refractivity contribution is -0.144. The number of carboxylic acids is 1. The second kappa shape index (κ2) is 3.90. The van der Waals surface area contributed by atoms with E-state index in [1.165, 1.54) is 0 Å². The molecule has 0 amide bonds. The largest absolute Gasteiger partial charge is 0.480 e. The number of carbonyl (C=O) groups is 1. The maximum atomic E-state index is 10.6. The highest BCUT2D eigenvalue weighted by atomic mass is 35.5. The van der Waals surface area contributed by atoms with Crippen molar-refractivity contribution in [3.8, 4) is 0 Å². The third kappa shape index (κ3) is 1.83. The smallest absolute Gasteiger partial charge is 0.326 e. The molecule has 0 saturated carbocycles. The molecule has 0 radical (unpaired) electrons. The van der Waals surface area contributed by atoms with Gasteiger partial charge in [0.25, 0.3) is 0 Å². The minimum Gasteiger partial charge on any atom is -0.480 e. The van der Waals surface area contributed by atoms with Crippen LogP contribution in [0, 0.1) is 0 Å². The number of hydrogen-bond donors (Lipinski definition) is 2. The first-order valence-electron chi connectivity index (χ1n) is 3.21. The molecule has 0 aliphatic carbocycles. The third-order valence-corrected chi connectivity index (χ3v) is 1.91. The van der Waals surface area contributed by atoms with E-state index < -0.39 is 11.5 Å². The number of nitrogens with one attached hydrogen (secondary N) is 1. The highest BCUT2D eigenvalue weighted by molar-refractivity contribution is 5.85. The summed E-state index contributed by atoms with van der Waals surface area (Å²) in [4.78, 5) is 10.6. The fourth-order valence-electron chi connectivity index (χ4n) is 1.04. The molecule has 0 bridgehead atoms. The Morgan fingerprint density at radius 2 is 2.36 bits per heavy atom. The van der Waals surface area contributed by atoms with Crippen LogP contribution in [0.2, 0.25) is 0 Å². The molecule has 1 rings (SSSR count). The first kappa shape index (κ1) is 10.7. The van der Waals surface area contributed by atoms with Crippen molar-refractivity contribution < 1.29 is 14.6 Å². The molecule has 1 unspecified atom stereocenters. The number of halogens is 1. The normalized spacial score (nSPS) is 29.5. The minimum absolute atomic E-state index is 0. The molecule has 1 saturated heterocycles. The molecule has 4 nitrogen and oxygen atoms in total. The third-order valence-electron chi connectivity index (χ3n) is 1.91. The van der Waals surface area contributed by atoms with Crippen LogP contribution in [0.3, 0.4) is 0 Å². The highest BCUT2D eigenvalue weighted by Crippen LogP contribution is 2.17. The van der Waals surface area contributed by atoms with E-state index >= 15 is 0 Å². The molecule has 0 aromatic carbocycles. The lowest BCUT2D eigenvalue weighted by Crippen LogP contribution is -2.50. The van der Waals surface area contributed by atoms with Crippen molar-refractivity contribution in [2.75, 3.05) is 20.3 Å². The summed E-state index contributed by atoms with van der Waals surface area (Å²) in [5.41, 5.74) is -0.819. The summed E-state index contributed by atoms with van der Waals surface area (Å²) in [6.45, 7) is 0.811. The topological polar surface area (TPSA) is 58.6 Å². The Kier molecular flexibility index (Phi) is 3.78. The molecule has 11 heavy (non-hydrogen) atoms. The van der Waals surface area contributed by atoms with Crippen LogP contribution in [0.25, 0.3) is 0 Å². The summed E-state index contributed by atoms with van der Waals surface area (Å²) in [5, 5.41) is 11.5. The number of rotatable bonds is 2. The average molecular weight is 182 g/mol. The highest BCUT2D eigenvalue weighted by Gasteiger charge is 2.40. The minimum atomic E-state index is -0.826. The Labute approximate surface area is 71.3 Å². The first-order valence-corrected chi connectivity index (χ1v) is 3.21. The van der Waals surface area contributed by atoms with E-state index in [1.807, 2.05) is 0 Å². The SMILES string of the molecule is CNC1(C(=O)O)CCOC1.Cl. The van der Waals surface area contributed by atoms with Crippen molar-refractivity contribution in [3.63, 3.8) is 0 Å². The predicted octanol–water partition coefficient (Wildman–Crippen LogP) is -0.129. The Hall–Kier alpha value is -0.320. The van der Waals surface area contributed by atoms with Crippen LogP contribution in [0.1, 0.15) is 6.42 Å². The van der Waals surface area contributed by atoms with Gasteiger partial charge in [-0.3, -0.25) is 4.79 Å². The zero-order valence-electron chi connectivity index (χ0n) is 6.29. The molecule has 1 fully saturated rings. The Morgan fingerprint density at radius 1 is 1.73 bits per heavy atom. The van der Waals surface area contributed by atoms with Crippen LogP contribution < -0.4 is 5.32 Å². The van der Waals surface area contributed by atoms with Crippen molar-refractivity contribution in [1.82, 2.24) is 5.32 Å². The predicted molar refractivity (Wildman–Crippen MR) is 42.1 cm³/mol. The van der Waals surface area contributed by atoms with Gasteiger partial charge in [0.05, 0.1) is 6.61 Å². The van der Waals surface area contributed by atoms with Crippen molar-refractivity contribution in [2.45, 2.75) is 12.0 Å². The molecule has 1 aliphatic heterocycles. The summed E-state index contributed by atoms with van der Waals surface area (Å²) < 4.78 is 4.97. The summed E-state index contributed by atoms with van der Waals surface area (Å²) in [6.07, 6.45) is 0.554. The number of ether oxygens (including phenoxy) is 1. The van der Waals surface area contributed by atoms with E-state index in [4.69, 9.17) is 9.84 Å². The van der Waals surface area contributed by atoms with E-state index in [2.05, 4.69) is 5.32 Å². The van der Waals surface area contributed by atoms with E-state index in [-0.39, 0.29) is 19.0 Å². The maximum absolute atomic E-state index is 10.6. The van der Waals surface area contributed by atoms with Crippen molar-refractivity contribution in [1.29, 1.82) is 0 Å². The number of likely N-dealkylation sites (N-methyl/N-ethyl adjacent to an activating group) is 1. The van der Waals surface area contributed by atoms with Gasteiger partial charge in [0.1, 0.15) is 5.54 Å². The van der Waals surface area contributed by atoms with E-state index in [9.17, 15) is 4.79 Å². The molecule has 0 spiro atoms. The van der Waals surface area contributed by atoms with Gasteiger partial charge in [-0.1, -0.05) is 0 Å². The quantitative estimate of drug-likeness (QED) is 0.623. The van der Waals surface area contributed by atoms with Crippen LogP contribution in [0.4, 0.5) is 0 Å². The summed E-state index contributed by atoms with van der Waals surface area (Å²) in [5.74, 6) is -0.826. The molecular weight excluding hydrogens is 170 g/mol. The maximum Gasteiger partial charge on any atom is 0.326 e. The van der Waals surface area contributed by atoms with Gasteiger partial charge in [-0.05, 0) is 7.05 Å². The summed E-state index contributed by atoms with van der Waals surface area (Å²) in [7, 11) is 1.64. The van der Waals surface area contributed by atoms with Crippen LogP contribution in [-0.4, -0.2) is 36.9 Å². The zero-order chi connectivity index (χ0) is 7.61. The summed E-state index contributed by atoms with van der Waals surface area (Å²) in [6, 6.07) is 0. The molecular formula is C6H12ClNO3. The molecule has 1 heterocycles. The second-order valence-electron chi connectivity index (χ2n) is 2.44. The zero-order valence-corrected chi connectivity index (χ0v) is 7.11. The lowest BCUT2D eigenvalue weighted by atomic mass is 10.00. The van der Waals surface area contributed by atoms with Gasteiger partial charge in [0.2, 0.25) is 0 Å². The van der Waals surface area contributed by atoms with Crippen LogP contribution in [0.5, 0.6) is 0 Å². The number of hydrogen-bond acceptors (Lipinski definition) is 3. The molecule has 1 atom stereocenters. The van der Waals surface area contributed by atoms with Crippen LogP contribution in [0.15, 0.2) is 0 Å². The van der Waals surface area contributed by atoms with Crippen molar-refractivity contribution in [2.24, 2.45) is 0 Å². The molecule has 5 heteroatoms. The van der Waals surface area contributed by atoms with Crippen molar-refractivity contribution in [3.05, 3.63) is 0 Å². The van der Waals surface area contributed by atoms with E-state index in [0.29, 0.717) is 13.0 Å². The van der Waals surface area contributed by atoms with Gasteiger partial charge in [0.15, 0.2) is 0 Å². The van der Waals surface area contributed by atoms with Crippen molar-refractivity contribution >= 4 is 18.4 Å². The van der Waals surface area contributed by atoms with Gasteiger partial charge in [-0.2, -0.15) is 0 Å². The number of aliphatic carboxylic acids is 1. The molecule has 0 aromatic heterocycles. The number of carboxylic acid groups (broad SMARTS) is 1. The summed E-state index contributed by atoms with van der Waals surface area (Å²) >= 11 is 0. The van der Waals surface area contributed by atoms with Gasteiger partial charge in [0, 0.05) is 13.0 Å². The average Bonchev–Trinajstić information content (AvgIpc) is 2.35.